The number of amides is 2. The van der Waals surface area contributed by atoms with Gasteiger partial charge in [0.1, 0.15) is 11.4 Å². The average molecular weight is 343 g/mol. The van der Waals surface area contributed by atoms with E-state index in [9.17, 15) is 14.4 Å². The maximum absolute atomic E-state index is 12.6. The summed E-state index contributed by atoms with van der Waals surface area (Å²) in [5.74, 6) is -0.783. The van der Waals surface area contributed by atoms with Gasteiger partial charge in [-0.25, -0.2) is 9.78 Å². The lowest BCUT2D eigenvalue weighted by molar-refractivity contribution is 0.0513. The molecule has 2 aromatic rings. The minimum atomic E-state index is -0.594. The van der Waals surface area contributed by atoms with Gasteiger partial charge in [0, 0.05) is 26.2 Å². The van der Waals surface area contributed by atoms with Crippen molar-refractivity contribution in [1.82, 2.24) is 14.8 Å². The molecule has 0 radical (unpaired) electrons. The van der Waals surface area contributed by atoms with Gasteiger partial charge in [-0.3, -0.25) is 9.59 Å². The molecule has 1 fully saturated rings. The van der Waals surface area contributed by atoms with Gasteiger partial charge < -0.3 is 19.0 Å². The Morgan fingerprint density at radius 1 is 0.960 bits per heavy atom. The van der Waals surface area contributed by atoms with Crippen LogP contribution in [0.15, 0.2) is 41.0 Å². The van der Waals surface area contributed by atoms with E-state index in [1.807, 2.05) is 0 Å². The Hall–Kier alpha value is -3.16. The highest BCUT2D eigenvalue weighted by molar-refractivity contribution is 5.95. The summed E-state index contributed by atoms with van der Waals surface area (Å²) in [4.78, 5) is 43.6. The summed E-state index contributed by atoms with van der Waals surface area (Å²) in [7, 11) is 1.26. The summed E-state index contributed by atoms with van der Waals surface area (Å²) in [6, 6.07) is 7.90. The summed E-state index contributed by atoms with van der Waals surface area (Å²) in [6.45, 7) is 1.58. The van der Waals surface area contributed by atoms with Gasteiger partial charge in [-0.05, 0) is 24.3 Å². The number of pyridine rings is 1. The van der Waals surface area contributed by atoms with Gasteiger partial charge in [0.25, 0.3) is 11.8 Å². The molecule has 1 aliphatic heterocycles. The molecular formula is C17H17N3O5. The smallest absolute Gasteiger partial charge is 0.356 e. The topological polar surface area (TPSA) is 93.0 Å². The van der Waals surface area contributed by atoms with Crippen LogP contribution >= 0.6 is 0 Å². The van der Waals surface area contributed by atoms with Crippen LogP contribution in [-0.2, 0) is 4.74 Å². The van der Waals surface area contributed by atoms with Gasteiger partial charge in [-0.1, -0.05) is 6.07 Å². The standard InChI is InChI=1S/C17H17N3O5/c1-24-17(23)13-5-2-4-12(18-13)15(21)19-7-9-20(10-8-19)16(22)14-6-3-11-25-14/h2-6,11H,7-10H2,1H3. The molecule has 0 saturated carbocycles. The summed E-state index contributed by atoms with van der Waals surface area (Å²) in [5, 5.41) is 0. The molecule has 0 spiro atoms. The Balaban J connectivity index is 1.64. The normalized spacial score (nSPS) is 14.3. The Labute approximate surface area is 144 Å². The summed E-state index contributed by atoms with van der Waals surface area (Å²) in [6.07, 6.45) is 1.45. The second-order valence-electron chi connectivity index (χ2n) is 5.46. The summed E-state index contributed by atoms with van der Waals surface area (Å²) >= 11 is 0. The molecular weight excluding hydrogens is 326 g/mol. The fraction of sp³-hybridized carbons (Fsp3) is 0.294. The molecule has 2 aromatic heterocycles. The molecule has 1 saturated heterocycles. The van der Waals surface area contributed by atoms with Crippen molar-refractivity contribution < 1.29 is 23.5 Å². The molecule has 0 aromatic carbocycles. The number of aromatic nitrogens is 1. The van der Waals surface area contributed by atoms with Crippen LogP contribution in [0.25, 0.3) is 0 Å². The van der Waals surface area contributed by atoms with Gasteiger partial charge in [-0.2, -0.15) is 0 Å². The van der Waals surface area contributed by atoms with E-state index in [-0.39, 0.29) is 29.0 Å². The van der Waals surface area contributed by atoms with Crippen LogP contribution in [0.3, 0.4) is 0 Å². The summed E-state index contributed by atoms with van der Waals surface area (Å²) < 4.78 is 9.73. The number of nitrogens with zero attached hydrogens (tertiary/aromatic N) is 3. The second-order valence-corrected chi connectivity index (χ2v) is 5.46. The van der Waals surface area contributed by atoms with Crippen LogP contribution in [0.5, 0.6) is 0 Å². The van der Waals surface area contributed by atoms with Crippen molar-refractivity contribution >= 4 is 17.8 Å². The van der Waals surface area contributed by atoms with Crippen LogP contribution in [0.4, 0.5) is 0 Å². The lowest BCUT2D eigenvalue weighted by atomic mass is 10.2. The zero-order chi connectivity index (χ0) is 17.8. The van der Waals surface area contributed by atoms with Gasteiger partial charge in [-0.15, -0.1) is 0 Å². The first-order valence-corrected chi connectivity index (χ1v) is 7.77. The first-order valence-electron chi connectivity index (χ1n) is 7.77. The number of furan rings is 1. The van der Waals surface area contributed by atoms with Gasteiger partial charge in [0.2, 0.25) is 0 Å². The number of ether oxygens (including phenoxy) is 1. The van der Waals surface area contributed by atoms with Crippen molar-refractivity contribution in [2.75, 3.05) is 33.3 Å². The van der Waals surface area contributed by atoms with Gasteiger partial charge in [0.15, 0.2) is 5.76 Å². The first-order chi connectivity index (χ1) is 12.1. The van der Waals surface area contributed by atoms with E-state index in [1.54, 1.807) is 34.1 Å². The number of methoxy groups -OCH3 is 1. The van der Waals surface area contributed by atoms with Crippen molar-refractivity contribution in [2.45, 2.75) is 0 Å². The first kappa shape index (κ1) is 16.7. The SMILES string of the molecule is COC(=O)c1cccc(C(=O)N2CCN(C(=O)c3ccco3)CC2)n1. The predicted molar refractivity (Wildman–Crippen MR) is 86.1 cm³/mol. The number of hydrogen-bond donors (Lipinski definition) is 0. The van der Waals surface area contributed by atoms with E-state index in [0.29, 0.717) is 26.2 Å². The van der Waals surface area contributed by atoms with Gasteiger partial charge in [0.05, 0.1) is 13.4 Å². The van der Waals surface area contributed by atoms with E-state index < -0.39 is 5.97 Å². The number of rotatable bonds is 3. The largest absolute Gasteiger partial charge is 0.464 e. The van der Waals surface area contributed by atoms with Gasteiger partial charge >= 0.3 is 5.97 Å². The third kappa shape index (κ3) is 3.52. The number of carbonyl (C=O) groups excluding carboxylic acids is 3. The predicted octanol–water partition coefficient (Wildman–Crippen LogP) is 1.06. The van der Waals surface area contributed by atoms with Crippen LogP contribution in [0.2, 0.25) is 0 Å². The molecule has 0 unspecified atom stereocenters. The third-order valence-electron chi connectivity index (χ3n) is 3.95. The molecule has 130 valence electrons. The Morgan fingerprint density at radius 2 is 1.60 bits per heavy atom. The zero-order valence-corrected chi connectivity index (χ0v) is 13.7. The number of esters is 1. The minimum Gasteiger partial charge on any atom is -0.464 e. The van der Waals surface area contributed by atoms with Crippen LogP contribution in [0, 0.1) is 0 Å². The monoisotopic (exact) mass is 343 g/mol. The van der Waals surface area contributed by atoms with Crippen LogP contribution in [0.1, 0.15) is 31.5 Å². The molecule has 8 heteroatoms. The van der Waals surface area contributed by atoms with Crippen molar-refractivity contribution in [3.63, 3.8) is 0 Å². The van der Waals surface area contributed by atoms with E-state index in [2.05, 4.69) is 9.72 Å². The Kier molecular flexibility index (Phi) is 4.78. The number of piperazine rings is 1. The maximum atomic E-state index is 12.6. The molecule has 3 heterocycles. The lowest BCUT2D eigenvalue weighted by Gasteiger charge is -2.34. The third-order valence-corrected chi connectivity index (χ3v) is 3.95. The quantitative estimate of drug-likeness (QED) is 0.774. The van der Waals surface area contributed by atoms with E-state index in [4.69, 9.17) is 4.42 Å². The molecule has 0 atom stereocenters. The molecule has 0 N–H and O–H groups in total. The molecule has 2 amide bonds. The Morgan fingerprint density at radius 3 is 2.20 bits per heavy atom. The molecule has 1 aliphatic rings. The van der Waals surface area contributed by atoms with E-state index in [1.165, 1.54) is 19.4 Å². The number of hydrogen-bond acceptors (Lipinski definition) is 6. The second kappa shape index (κ2) is 7.16. The molecule has 0 aliphatic carbocycles. The van der Waals surface area contributed by atoms with E-state index >= 15 is 0 Å². The van der Waals surface area contributed by atoms with E-state index in [0.717, 1.165) is 0 Å². The fourth-order valence-corrected chi connectivity index (χ4v) is 2.60. The Bertz CT molecular complexity index is 779. The number of carbonyl (C=O) groups is 3. The average Bonchev–Trinajstić information content (AvgIpc) is 3.21. The lowest BCUT2D eigenvalue weighted by Crippen LogP contribution is -2.50. The maximum Gasteiger partial charge on any atom is 0.356 e. The highest BCUT2D eigenvalue weighted by atomic mass is 16.5. The van der Waals surface area contributed by atoms with Crippen molar-refractivity contribution in [2.24, 2.45) is 0 Å². The van der Waals surface area contributed by atoms with Crippen LogP contribution in [-0.4, -0.2) is 65.9 Å². The summed E-state index contributed by atoms with van der Waals surface area (Å²) in [5.41, 5.74) is 0.258. The molecule has 0 bridgehead atoms. The zero-order valence-electron chi connectivity index (χ0n) is 13.7. The van der Waals surface area contributed by atoms with Crippen molar-refractivity contribution in [3.8, 4) is 0 Å². The molecule has 3 rings (SSSR count). The molecule has 25 heavy (non-hydrogen) atoms. The highest BCUT2D eigenvalue weighted by Crippen LogP contribution is 2.12. The highest BCUT2D eigenvalue weighted by Gasteiger charge is 2.27. The molecule has 8 nitrogen and oxygen atoms in total. The van der Waals surface area contributed by atoms with Crippen molar-refractivity contribution in [3.05, 3.63) is 53.7 Å². The fourth-order valence-electron chi connectivity index (χ4n) is 2.60. The minimum absolute atomic E-state index is 0.0833. The van der Waals surface area contributed by atoms with Crippen molar-refractivity contribution in [1.29, 1.82) is 0 Å². The van der Waals surface area contributed by atoms with Crippen LogP contribution < -0.4 is 0 Å².